The Morgan fingerprint density at radius 3 is 2.71 bits per heavy atom. The number of carbonyl (C=O) groups is 1. The Kier molecular flexibility index (Phi) is 5.22. The van der Waals surface area contributed by atoms with E-state index in [4.69, 9.17) is 4.74 Å². The molecule has 0 atom stereocenters. The number of ether oxygens (including phenoxy) is 1. The molecule has 0 aromatic heterocycles. The van der Waals surface area contributed by atoms with E-state index < -0.39 is 0 Å². The van der Waals surface area contributed by atoms with Crippen molar-refractivity contribution in [2.75, 3.05) is 24.3 Å². The Morgan fingerprint density at radius 2 is 2.00 bits per heavy atom. The Labute approximate surface area is 132 Å². The number of hydrogen-bond acceptors (Lipinski definition) is 3. The Balaban J connectivity index is 1.94. The van der Waals surface area contributed by atoms with Crippen molar-refractivity contribution in [1.82, 2.24) is 0 Å². The van der Waals surface area contributed by atoms with E-state index >= 15 is 0 Å². The maximum Gasteiger partial charge on any atom is 0.243 e. The summed E-state index contributed by atoms with van der Waals surface area (Å²) in [4.78, 5) is 12.0. The van der Waals surface area contributed by atoms with E-state index in [1.54, 1.807) is 7.11 Å². The van der Waals surface area contributed by atoms with Gasteiger partial charge in [-0.15, -0.1) is 0 Å². The lowest BCUT2D eigenvalue weighted by molar-refractivity contribution is -0.114. The van der Waals surface area contributed by atoms with Gasteiger partial charge in [-0.05, 0) is 36.8 Å². The smallest absolute Gasteiger partial charge is 0.243 e. The zero-order valence-electron chi connectivity index (χ0n) is 11.9. The minimum atomic E-state index is -0.114. The number of benzene rings is 2. The van der Waals surface area contributed by atoms with E-state index in [1.165, 1.54) is 0 Å². The van der Waals surface area contributed by atoms with Crippen LogP contribution in [-0.4, -0.2) is 19.6 Å². The third-order valence-corrected chi connectivity index (χ3v) is 3.86. The van der Waals surface area contributed by atoms with Crippen molar-refractivity contribution in [1.29, 1.82) is 0 Å². The van der Waals surface area contributed by atoms with E-state index in [9.17, 15) is 4.79 Å². The second-order valence-corrected chi connectivity index (χ2v) is 5.42. The van der Waals surface area contributed by atoms with Gasteiger partial charge in [-0.3, -0.25) is 4.79 Å². The number of methoxy groups -OCH3 is 1. The molecule has 0 spiro atoms. The lowest BCUT2D eigenvalue weighted by atomic mass is 10.2. The van der Waals surface area contributed by atoms with E-state index in [1.807, 2.05) is 49.4 Å². The second-order valence-electron chi connectivity index (χ2n) is 4.57. The van der Waals surface area contributed by atoms with E-state index in [0.29, 0.717) is 5.75 Å². The number of carbonyl (C=O) groups excluding carboxylic acids is 1. The summed E-state index contributed by atoms with van der Waals surface area (Å²) in [6.45, 7) is 2.17. The molecule has 4 nitrogen and oxygen atoms in total. The summed E-state index contributed by atoms with van der Waals surface area (Å²) in [5, 5.41) is 5.91. The Morgan fingerprint density at radius 1 is 1.24 bits per heavy atom. The van der Waals surface area contributed by atoms with Crippen LogP contribution in [0.3, 0.4) is 0 Å². The molecule has 2 aromatic rings. The van der Waals surface area contributed by atoms with Gasteiger partial charge in [-0.2, -0.15) is 0 Å². The summed E-state index contributed by atoms with van der Waals surface area (Å²) < 4.78 is 6.19. The van der Waals surface area contributed by atoms with E-state index in [0.717, 1.165) is 21.4 Å². The first-order chi connectivity index (χ1) is 10.1. The molecule has 110 valence electrons. The van der Waals surface area contributed by atoms with Gasteiger partial charge in [0.05, 0.1) is 19.3 Å². The predicted molar refractivity (Wildman–Crippen MR) is 89.0 cm³/mol. The zero-order chi connectivity index (χ0) is 15.2. The van der Waals surface area contributed by atoms with Gasteiger partial charge in [-0.25, -0.2) is 0 Å². The van der Waals surface area contributed by atoms with Crippen LogP contribution in [-0.2, 0) is 4.79 Å². The van der Waals surface area contributed by atoms with Crippen LogP contribution in [0.1, 0.15) is 5.56 Å². The molecular formula is C16H17BrN2O2. The number of anilines is 2. The lowest BCUT2D eigenvalue weighted by Crippen LogP contribution is -2.21. The van der Waals surface area contributed by atoms with Crippen molar-refractivity contribution in [2.24, 2.45) is 0 Å². The van der Waals surface area contributed by atoms with Gasteiger partial charge < -0.3 is 15.4 Å². The molecule has 2 N–H and O–H groups in total. The molecule has 0 aliphatic rings. The fraction of sp³-hybridized carbons (Fsp3) is 0.188. The average molecular weight is 349 g/mol. The highest BCUT2D eigenvalue weighted by molar-refractivity contribution is 9.10. The van der Waals surface area contributed by atoms with Gasteiger partial charge in [0.15, 0.2) is 0 Å². The van der Waals surface area contributed by atoms with Gasteiger partial charge in [0.25, 0.3) is 0 Å². The van der Waals surface area contributed by atoms with Crippen molar-refractivity contribution in [3.8, 4) is 5.75 Å². The van der Waals surface area contributed by atoms with Gasteiger partial charge in [-0.1, -0.05) is 34.1 Å². The van der Waals surface area contributed by atoms with Crippen molar-refractivity contribution in [3.63, 3.8) is 0 Å². The van der Waals surface area contributed by atoms with E-state index in [-0.39, 0.29) is 12.5 Å². The molecule has 0 fully saturated rings. The molecule has 0 aliphatic heterocycles. The standard InChI is InChI=1S/C16H17BrN2O2/c1-11-7-8-12(9-13(11)17)19-16(20)10-18-14-5-3-4-6-15(14)21-2/h3-9,18H,10H2,1-2H3,(H,19,20). The highest BCUT2D eigenvalue weighted by Gasteiger charge is 2.06. The minimum absolute atomic E-state index is 0.114. The van der Waals surface area contributed by atoms with Crippen LogP contribution < -0.4 is 15.4 Å². The third-order valence-electron chi connectivity index (χ3n) is 3.00. The topological polar surface area (TPSA) is 50.4 Å². The zero-order valence-corrected chi connectivity index (χ0v) is 13.5. The fourth-order valence-corrected chi connectivity index (χ4v) is 2.22. The number of hydrogen-bond donors (Lipinski definition) is 2. The second kappa shape index (κ2) is 7.13. The molecule has 0 unspecified atom stereocenters. The van der Waals surface area contributed by atoms with Crippen molar-refractivity contribution in [3.05, 3.63) is 52.5 Å². The molecule has 0 saturated heterocycles. The maximum atomic E-state index is 12.0. The van der Waals surface area contributed by atoms with Crippen LogP contribution in [0.2, 0.25) is 0 Å². The highest BCUT2D eigenvalue weighted by atomic mass is 79.9. The fourth-order valence-electron chi connectivity index (χ4n) is 1.84. The quantitative estimate of drug-likeness (QED) is 0.863. The van der Waals surface area contributed by atoms with Crippen LogP contribution >= 0.6 is 15.9 Å². The largest absolute Gasteiger partial charge is 0.495 e. The number of halogens is 1. The molecule has 0 radical (unpaired) electrons. The van der Waals surface area contributed by atoms with Gasteiger partial charge in [0.1, 0.15) is 5.75 Å². The Bertz CT molecular complexity index is 644. The molecule has 2 rings (SSSR count). The number of amides is 1. The van der Waals surface area contributed by atoms with Crippen molar-refractivity contribution in [2.45, 2.75) is 6.92 Å². The molecule has 0 heterocycles. The van der Waals surface area contributed by atoms with Crippen LogP contribution in [0.25, 0.3) is 0 Å². The maximum absolute atomic E-state index is 12.0. The summed E-state index contributed by atoms with van der Waals surface area (Å²) in [5.74, 6) is 0.597. The highest BCUT2D eigenvalue weighted by Crippen LogP contribution is 2.23. The van der Waals surface area contributed by atoms with E-state index in [2.05, 4.69) is 26.6 Å². The van der Waals surface area contributed by atoms with Gasteiger partial charge >= 0.3 is 0 Å². The molecular weight excluding hydrogens is 332 g/mol. The first-order valence-electron chi connectivity index (χ1n) is 6.53. The molecule has 2 aromatic carbocycles. The molecule has 5 heteroatoms. The first-order valence-corrected chi connectivity index (χ1v) is 7.32. The van der Waals surface area contributed by atoms with Crippen molar-refractivity contribution < 1.29 is 9.53 Å². The number of nitrogens with one attached hydrogen (secondary N) is 2. The lowest BCUT2D eigenvalue weighted by Gasteiger charge is -2.11. The summed E-state index contributed by atoms with van der Waals surface area (Å²) in [7, 11) is 1.60. The molecule has 1 amide bonds. The average Bonchev–Trinajstić information content (AvgIpc) is 2.49. The first kappa shape index (κ1) is 15.4. The number of aryl methyl sites for hydroxylation is 1. The monoisotopic (exact) mass is 348 g/mol. The summed E-state index contributed by atoms with van der Waals surface area (Å²) in [5.41, 5.74) is 2.68. The summed E-state index contributed by atoms with van der Waals surface area (Å²) in [6, 6.07) is 13.2. The van der Waals surface area contributed by atoms with Crippen LogP contribution in [0.4, 0.5) is 11.4 Å². The van der Waals surface area contributed by atoms with Gasteiger partial charge in [0.2, 0.25) is 5.91 Å². The molecule has 0 bridgehead atoms. The van der Waals surface area contributed by atoms with Crippen LogP contribution in [0.15, 0.2) is 46.9 Å². The van der Waals surface area contributed by atoms with Crippen LogP contribution in [0.5, 0.6) is 5.75 Å². The molecule has 0 saturated carbocycles. The minimum Gasteiger partial charge on any atom is -0.495 e. The number of para-hydroxylation sites is 2. The molecule has 0 aliphatic carbocycles. The van der Waals surface area contributed by atoms with Gasteiger partial charge in [0, 0.05) is 10.2 Å². The SMILES string of the molecule is COc1ccccc1NCC(=O)Nc1ccc(C)c(Br)c1. The number of rotatable bonds is 5. The molecule has 21 heavy (non-hydrogen) atoms. The third kappa shape index (κ3) is 4.23. The summed E-state index contributed by atoms with van der Waals surface area (Å²) >= 11 is 3.45. The van der Waals surface area contributed by atoms with Crippen LogP contribution in [0, 0.1) is 6.92 Å². The Hall–Kier alpha value is -2.01. The predicted octanol–water partition coefficient (Wildman–Crippen LogP) is 3.82. The summed E-state index contributed by atoms with van der Waals surface area (Å²) in [6.07, 6.45) is 0. The van der Waals surface area contributed by atoms with Crippen molar-refractivity contribution >= 4 is 33.2 Å². The normalized spacial score (nSPS) is 10.0.